The fourth-order valence-corrected chi connectivity index (χ4v) is 1.29. The Balaban J connectivity index is 2.48. The average Bonchev–Trinajstić information content (AvgIpc) is 2.71. The fraction of sp³-hybridized carbons (Fsp3) is 0.250. The van der Waals surface area contributed by atoms with Crippen molar-refractivity contribution in [2.75, 3.05) is 5.32 Å². The highest BCUT2D eigenvalue weighted by Crippen LogP contribution is 2.16. The van der Waals surface area contributed by atoms with Gasteiger partial charge in [0.15, 0.2) is 5.65 Å². The molecule has 6 nitrogen and oxygen atoms in total. The first-order valence-electron chi connectivity index (χ1n) is 4.36. The van der Waals surface area contributed by atoms with Crippen LogP contribution in [0.4, 0.5) is 5.69 Å². The van der Waals surface area contributed by atoms with Crippen molar-refractivity contribution in [1.29, 1.82) is 0 Å². The first kappa shape index (κ1) is 9.85. The third-order valence-corrected chi connectivity index (χ3v) is 2.16. The Morgan fingerprint density at radius 1 is 1.67 bits per heavy atom. The number of aromatic nitrogens is 4. The molecule has 0 saturated heterocycles. The van der Waals surface area contributed by atoms with Crippen LogP contribution < -0.4 is 5.32 Å². The predicted molar refractivity (Wildman–Crippen MR) is 54.7 cm³/mol. The van der Waals surface area contributed by atoms with Gasteiger partial charge in [-0.05, 0) is 11.6 Å². The average molecular weight is 226 g/mol. The second kappa shape index (κ2) is 3.82. The van der Waals surface area contributed by atoms with Crippen LogP contribution in [0.15, 0.2) is 12.5 Å². The Morgan fingerprint density at radius 3 is 3.20 bits per heavy atom. The summed E-state index contributed by atoms with van der Waals surface area (Å²) < 4.78 is 1.49. The number of fused-ring (bicyclic) bond motifs is 1. The summed E-state index contributed by atoms with van der Waals surface area (Å²) in [4.78, 5) is 15.1. The molecule has 0 spiro atoms. The molecule has 1 N–H and O–H groups in total. The van der Waals surface area contributed by atoms with Gasteiger partial charge in [-0.15, -0.1) is 10.2 Å². The lowest BCUT2D eigenvalue weighted by molar-refractivity contribution is -0.115. The number of carbonyl (C=O) groups is 1. The summed E-state index contributed by atoms with van der Waals surface area (Å²) in [5, 5.41) is 10.5. The highest BCUT2D eigenvalue weighted by Gasteiger charge is 2.09. The van der Waals surface area contributed by atoms with Gasteiger partial charge in [-0.1, -0.05) is 6.92 Å². The summed E-state index contributed by atoms with van der Waals surface area (Å²) in [5.74, 6) is -0.107. The van der Waals surface area contributed by atoms with Gasteiger partial charge in [0, 0.05) is 6.42 Å². The molecule has 2 heterocycles. The standard InChI is InChI=1S/C8H8ClN5O/c1-2-6(15)12-5-3-10-8(9)14-4-11-13-7(5)14/h3-4H,2H2,1H3,(H,12,15). The number of halogens is 1. The summed E-state index contributed by atoms with van der Waals surface area (Å²) in [5.41, 5.74) is 0.987. The van der Waals surface area contributed by atoms with Gasteiger partial charge >= 0.3 is 0 Å². The van der Waals surface area contributed by atoms with Gasteiger partial charge in [-0.3, -0.25) is 9.20 Å². The molecule has 0 atom stereocenters. The number of hydrogen-bond donors (Lipinski definition) is 1. The van der Waals surface area contributed by atoms with E-state index in [1.54, 1.807) is 6.92 Å². The molecule has 78 valence electrons. The molecule has 15 heavy (non-hydrogen) atoms. The second-order valence-corrected chi connectivity index (χ2v) is 3.21. The first-order chi connectivity index (χ1) is 7.22. The van der Waals surface area contributed by atoms with Crippen LogP contribution in [-0.4, -0.2) is 25.5 Å². The van der Waals surface area contributed by atoms with Gasteiger partial charge in [0.05, 0.1) is 6.20 Å². The van der Waals surface area contributed by atoms with Crippen LogP contribution in [0, 0.1) is 0 Å². The SMILES string of the molecule is CCC(=O)Nc1cnc(Cl)n2cnnc12. The van der Waals surface area contributed by atoms with E-state index in [2.05, 4.69) is 20.5 Å². The molecule has 0 aromatic carbocycles. The molecular weight excluding hydrogens is 218 g/mol. The van der Waals surface area contributed by atoms with Crippen LogP contribution in [0.3, 0.4) is 0 Å². The number of nitrogens with one attached hydrogen (secondary N) is 1. The summed E-state index contributed by atoms with van der Waals surface area (Å²) in [6.07, 6.45) is 3.29. The molecule has 7 heteroatoms. The van der Waals surface area contributed by atoms with E-state index in [0.29, 0.717) is 17.8 Å². The first-order valence-corrected chi connectivity index (χ1v) is 4.74. The molecule has 2 rings (SSSR count). The van der Waals surface area contributed by atoms with E-state index in [1.165, 1.54) is 16.9 Å². The zero-order valence-corrected chi connectivity index (χ0v) is 8.69. The normalized spacial score (nSPS) is 10.5. The minimum Gasteiger partial charge on any atom is -0.322 e. The van der Waals surface area contributed by atoms with E-state index in [9.17, 15) is 4.79 Å². The van der Waals surface area contributed by atoms with Crippen LogP contribution in [-0.2, 0) is 4.79 Å². The topological polar surface area (TPSA) is 72.2 Å². The van der Waals surface area contributed by atoms with Crippen LogP contribution in [0.2, 0.25) is 5.28 Å². The summed E-state index contributed by atoms with van der Waals surface area (Å²) in [7, 11) is 0. The van der Waals surface area contributed by atoms with E-state index in [4.69, 9.17) is 11.6 Å². The largest absolute Gasteiger partial charge is 0.322 e. The van der Waals surface area contributed by atoms with Crippen molar-refractivity contribution in [3.8, 4) is 0 Å². The molecule has 2 aromatic heterocycles. The molecule has 0 saturated carbocycles. The molecule has 1 amide bonds. The Morgan fingerprint density at radius 2 is 2.47 bits per heavy atom. The van der Waals surface area contributed by atoms with E-state index < -0.39 is 0 Å². The zero-order valence-electron chi connectivity index (χ0n) is 7.94. The van der Waals surface area contributed by atoms with Crippen molar-refractivity contribution in [2.45, 2.75) is 13.3 Å². The molecule has 0 aliphatic heterocycles. The number of rotatable bonds is 2. The van der Waals surface area contributed by atoms with Crippen molar-refractivity contribution in [3.05, 3.63) is 17.8 Å². The number of anilines is 1. The van der Waals surface area contributed by atoms with Crippen molar-refractivity contribution < 1.29 is 4.79 Å². The Hall–Kier alpha value is -1.69. The van der Waals surface area contributed by atoms with Gasteiger partial charge in [-0.25, -0.2) is 4.98 Å². The minimum absolute atomic E-state index is 0.107. The third-order valence-electron chi connectivity index (χ3n) is 1.88. The van der Waals surface area contributed by atoms with Crippen LogP contribution in [0.5, 0.6) is 0 Å². The molecule has 2 aromatic rings. The molecule has 0 fully saturated rings. The predicted octanol–water partition coefficient (Wildman–Crippen LogP) is 1.13. The highest BCUT2D eigenvalue weighted by atomic mass is 35.5. The lowest BCUT2D eigenvalue weighted by atomic mass is 10.4. The molecule has 0 aliphatic carbocycles. The Kier molecular flexibility index (Phi) is 2.51. The van der Waals surface area contributed by atoms with Gasteiger partial charge in [0.25, 0.3) is 0 Å². The van der Waals surface area contributed by atoms with Crippen LogP contribution in [0.1, 0.15) is 13.3 Å². The smallest absolute Gasteiger partial charge is 0.224 e. The Labute approximate surface area is 90.3 Å². The number of nitrogens with zero attached hydrogens (tertiary/aromatic N) is 4. The monoisotopic (exact) mass is 225 g/mol. The van der Waals surface area contributed by atoms with Crippen molar-refractivity contribution in [3.63, 3.8) is 0 Å². The molecule has 0 radical (unpaired) electrons. The lowest BCUT2D eigenvalue weighted by Crippen LogP contribution is -2.11. The van der Waals surface area contributed by atoms with E-state index in [0.717, 1.165) is 0 Å². The summed E-state index contributed by atoms with van der Waals surface area (Å²) >= 11 is 5.80. The van der Waals surface area contributed by atoms with Gasteiger partial charge < -0.3 is 5.32 Å². The summed E-state index contributed by atoms with van der Waals surface area (Å²) in [6.45, 7) is 1.76. The molecule has 0 aliphatic rings. The lowest BCUT2D eigenvalue weighted by Gasteiger charge is -2.04. The molecule has 0 bridgehead atoms. The van der Waals surface area contributed by atoms with E-state index in [1.807, 2.05) is 0 Å². The number of hydrogen-bond acceptors (Lipinski definition) is 4. The quantitative estimate of drug-likeness (QED) is 0.778. The molecule has 0 unspecified atom stereocenters. The van der Waals surface area contributed by atoms with E-state index in [-0.39, 0.29) is 11.2 Å². The highest BCUT2D eigenvalue weighted by molar-refractivity contribution is 6.28. The fourth-order valence-electron chi connectivity index (χ4n) is 1.12. The zero-order chi connectivity index (χ0) is 10.8. The molecular formula is C8H8ClN5O. The minimum atomic E-state index is -0.107. The van der Waals surface area contributed by atoms with Crippen LogP contribution in [0.25, 0.3) is 5.65 Å². The van der Waals surface area contributed by atoms with Crippen molar-refractivity contribution >= 4 is 28.8 Å². The maximum absolute atomic E-state index is 11.2. The van der Waals surface area contributed by atoms with Crippen molar-refractivity contribution in [1.82, 2.24) is 19.6 Å². The number of amides is 1. The third kappa shape index (κ3) is 1.75. The van der Waals surface area contributed by atoms with Crippen molar-refractivity contribution in [2.24, 2.45) is 0 Å². The van der Waals surface area contributed by atoms with Gasteiger partial charge in [0.1, 0.15) is 12.0 Å². The van der Waals surface area contributed by atoms with Gasteiger partial charge in [0.2, 0.25) is 11.2 Å². The second-order valence-electron chi connectivity index (χ2n) is 2.87. The van der Waals surface area contributed by atoms with E-state index >= 15 is 0 Å². The Bertz CT molecular complexity index is 509. The number of carbonyl (C=O) groups excluding carboxylic acids is 1. The maximum atomic E-state index is 11.2. The van der Waals surface area contributed by atoms with Gasteiger partial charge in [-0.2, -0.15) is 0 Å². The summed E-state index contributed by atoms with van der Waals surface area (Å²) in [6, 6.07) is 0. The maximum Gasteiger partial charge on any atom is 0.224 e. The van der Waals surface area contributed by atoms with Crippen LogP contribution >= 0.6 is 11.6 Å².